The molecule has 0 saturated heterocycles. The van der Waals surface area contributed by atoms with Crippen LogP contribution < -0.4 is 19.7 Å². The highest BCUT2D eigenvalue weighted by atomic mass is 32.1. The van der Waals surface area contributed by atoms with Gasteiger partial charge >= 0.3 is 0 Å². The Labute approximate surface area is 154 Å². The molecule has 1 amide bonds. The molecule has 7 heteroatoms. The lowest BCUT2D eigenvalue weighted by atomic mass is 10.2. The van der Waals surface area contributed by atoms with Gasteiger partial charge in [-0.2, -0.15) is 0 Å². The second-order valence-corrected chi connectivity index (χ2v) is 7.09. The number of benzene rings is 1. The third-order valence-electron chi connectivity index (χ3n) is 4.08. The van der Waals surface area contributed by atoms with Crippen molar-refractivity contribution in [2.75, 3.05) is 18.7 Å². The van der Waals surface area contributed by atoms with Gasteiger partial charge in [-0.05, 0) is 35.7 Å². The van der Waals surface area contributed by atoms with E-state index in [1.165, 1.54) is 4.88 Å². The predicted octanol–water partition coefficient (Wildman–Crippen LogP) is 2.29. The first-order chi connectivity index (χ1) is 12.8. The fourth-order valence-corrected chi connectivity index (χ4v) is 3.69. The number of nitrogens with one attached hydrogen (secondary N) is 2. The molecule has 2 N–H and O–H groups in total. The molecule has 0 radical (unpaired) electrons. The summed E-state index contributed by atoms with van der Waals surface area (Å²) in [6.07, 6.45) is 1.66. The summed E-state index contributed by atoms with van der Waals surface area (Å²) in [5.41, 5.74) is 0.702. The Hall–Kier alpha value is -2.77. The number of amides is 1. The van der Waals surface area contributed by atoms with Crippen molar-refractivity contribution in [2.24, 2.45) is 0 Å². The highest BCUT2D eigenvalue weighted by Gasteiger charge is 2.19. The number of anilines is 1. The zero-order valence-electron chi connectivity index (χ0n) is 14.1. The summed E-state index contributed by atoms with van der Waals surface area (Å²) in [5, 5.41) is 4.99. The average molecular weight is 371 g/mol. The maximum atomic E-state index is 12.5. The molecule has 6 nitrogen and oxygen atoms in total. The zero-order valence-corrected chi connectivity index (χ0v) is 14.9. The topological polar surface area (TPSA) is 65.1 Å². The highest BCUT2D eigenvalue weighted by Crippen LogP contribution is 2.34. The molecule has 26 heavy (non-hydrogen) atoms. The summed E-state index contributed by atoms with van der Waals surface area (Å²) < 4.78 is 16.1. The fraction of sp³-hybridized carbons (Fsp3) is 0.211. The zero-order chi connectivity index (χ0) is 17.8. The Morgan fingerprint density at radius 3 is 2.85 bits per heavy atom. The maximum Gasteiger partial charge on any atom is 0.279 e. The van der Waals surface area contributed by atoms with Gasteiger partial charge in [-0.3, -0.25) is 4.79 Å². The SMILES string of the molecule is O=C(C[NH+](Cc1ccco1)Cc1cccs1)Nc1ccc2c(c1)OCO2. The van der Waals surface area contributed by atoms with Gasteiger partial charge in [-0.1, -0.05) is 6.07 Å². The summed E-state index contributed by atoms with van der Waals surface area (Å²) in [7, 11) is 0. The monoisotopic (exact) mass is 371 g/mol. The molecule has 3 heterocycles. The lowest BCUT2D eigenvalue weighted by Crippen LogP contribution is -3.10. The van der Waals surface area contributed by atoms with E-state index in [9.17, 15) is 4.79 Å². The van der Waals surface area contributed by atoms with Gasteiger partial charge in [-0.15, -0.1) is 11.3 Å². The average Bonchev–Trinajstić information content (AvgIpc) is 3.36. The molecule has 1 atom stereocenters. The number of carbonyl (C=O) groups excluding carboxylic acids is 1. The first-order valence-electron chi connectivity index (χ1n) is 8.34. The van der Waals surface area contributed by atoms with E-state index in [-0.39, 0.29) is 12.7 Å². The summed E-state index contributed by atoms with van der Waals surface area (Å²) >= 11 is 1.69. The van der Waals surface area contributed by atoms with Crippen LogP contribution in [0.2, 0.25) is 0 Å². The van der Waals surface area contributed by atoms with E-state index < -0.39 is 0 Å². The summed E-state index contributed by atoms with van der Waals surface area (Å²) in [6, 6.07) is 13.3. The first-order valence-corrected chi connectivity index (χ1v) is 9.22. The Morgan fingerprint density at radius 1 is 1.12 bits per heavy atom. The van der Waals surface area contributed by atoms with Gasteiger partial charge in [-0.25, -0.2) is 0 Å². The van der Waals surface area contributed by atoms with Gasteiger partial charge in [0.25, 0.3) is 5.91 Å². The minimum absolute atomic E-state index is 0.0537. The quantitative estimate of drug-likeness (QED) is 0.669. The minimum atomic E-state index is -0.0537. The predicted molar refractivity (Wildman–Crippen MR) is 97.5 cm³/mol. The second-order valence-electron chi connectivity index (χ2n) is 6.06. The first kappa shape index (κ1) is 16.7. The van der Waals surface area contributed by atoms with Gasteiger partial charge in [0.15, 0.2) is 23.8 Å². The van der Waals surface area contributed by atoms with Crippen molar-refractivity contribution < 1.29 is 23.6 Å². The van der Waals surface area contributed by atoms with Crippen LogP contribution in [0, 0.1) is 0 Å². The lowest BCUT2D eigenvalue weighted by Gasteiger charge is -2.17. The fourth-order valence-electron chi connectivity index (χ4n) is 2.91. The number of furan rings is 1. The Bertz CT molecular complexity index is 826. The van der Waals surface area contributed by atoms with Gasteiger partial charge in [0, 0.05) is 11.8 Å². The molecule has 0 bridgehead atoms. The molecule has 1 aromatic carbocycles. The van der Waals surface area contributed by atoms with Crippen LogP contribution in [0.25, 0.3) is 0 Å². The number of fused-ring (bicyclic) bond motifs is 1. The third kappa shape index (κ3) is 4.07. The van der Waals surface area contributed by atoms with Crippen LogP contribution >= 0.6 is 11.3 Å². The Morgan fingerprint density at radius 2 is 2.04 bits per heavy atom. The van der Waals surface area contributed by atoms with Crippen molar-refractivity contribution in [1.82, 2.24) is 0 Å². The van der Waals surface area contributed by atoms with E-state index in [1.54, 1.807) is 29.7 Å². The standard InChI is InChI=1S/C19H18N2O4S/c22-19(20-14-5-6-17-18(9-14)25-13-24-17)12-21(10-15-3-1-7-23-15)11-16-4-2-8-26-16/h1-9H,10-13H2,(H,20,22)/p+1. The summed E-state index contributed by atoms with van der Waals surface area (Å²) in [4.78, 5) is 14.9. The number of rotatable bonds is 7. The van der Waals surface area contributed by atoms with Crippen molar-refractivity contribution in [2.45, 2.75) is 13.1 Å². The molecular formula is C19H19N2O4S+. The van der Waals surface area contributed by atoms with Crippen LogP contribution in [0.3, 0.4) is 0 Å². The molecule has 1 unspecified atom stereocenters. The van der Waals surface area contributed by atoms with E-state index in [0.29, 0.717) is 30.3 Å². The van der Waals surface area contributed by atoms with Crippen molar-refractivity contribution in [3.63, 3.8) is 0 Å². The molecule has 0 saturated carbocycles. The van der Waals surface area contributed by atoms with Crippen molar-refractivity contribution in [3.05, 3.63) is 64.7 Å². The summed E-state index contributed by atoms with van der Waals surface area (Å²) in [6.45, 7) is 1.98. The number of thiophene rings is 1. The van der Waals surface area contributed by atoms with Crippen LogP contribution in [0.15, 0.2) is 58.5 Å². The molecule has 0 spiro atoms. The number of ether oxygens (including phenoxy) is 2. The Balaban J connectivity index is 1.41. The van der Waals surface area contributed by atoms with Crippen LogP contribution in [-0.2, 0) is 17.9 Å². The van der Waals surface area contributed by atoms with Crippen LogP contribution in [0.1, 0.15) is 10.6 Å². The van der Waals surface area contributed by atoms with E-state index in [1.807, 2.05) is 29.6 Å². The number of quaternary nitrogens is 1. The molecule has 0 aliphatic carbocycles. The molecular weight excluding hydrogens is 352 g/mol. The lowest BCUT2D eigenvalue weighted by molar-refractivity contribution is -0.920. The van der Waals surface area contributed by atoms with E-state index in [4.69, 9.17) is 13.9 Å². The Kier molecular flexibility index (Phi) is 4.90. The molecule has 3 aromatic rings. The number of carbonyl (C=O) groups is 1. The molecule has 134 valence electrons. The maximum absolute atomic E-state index is 12.5. The second kappa shape index (κ2) is 7.63. The molecule has 0 fully saturated rings. The largest absolute Gasteiger partial charge is 0.463 e. The molecule has 1 aliphatic heterocycles. The van der Waals surface area contributed by atoms with Crippen molar-refractivity contribution in [1.29, 1.82) is 0 Å². The van der Waals surface area contributed by atoms with Gasteiger partial charge in [0.2, 0.25) is 6.79 Å². The van der Waals surface area contributed by atoms with E-state index >= 15 is 0 Å². The third-order valence-corrected chi connectivity index (χ3v) is 4.95. The van der Waals surface area contributed by atoms with E-state index in [0.717, 1.165) is 17.2 Å². The highest BCUT2D eigenvalue weighted by molar-refractivity contribution is 7.09. The van der Waals surface area contributed by atoms with E-state index in [2.05, 4.69) is 11.4 Å². The van der Waals surface area contributed by atoms with Crippen molar-refractivity contribution in [3.8, 4) is 11.5 Å². The number of hydrogen-bond acceptors (Lipinski definition) is 5. The smallest absolute Gasteiger partial charge is 0.279 e. The summed E-state index contributed by atoms with van der Waals surface area (Å²) in [5.74, 6) is 2.17. The molecule has 1 aliphatic rings. The van der Waals surface area contributed by atoms with Gasteiger partial charge < -0.3 is 24.1 Å². The normalized spacial score (nSPS) is 13.5. The molecule has 4 rings (SSSR count). The van der Waals surface area contributed by atoms with Crippen molar-refractivity contribution >= 4 is 22.9 Å². The van der Waals surface area contributed by atoms with Crippen LogP contribution in [0.4, 0.5) is 5.69 Å². The molecule has 2 aromatic heterocycles. The van der Waals surface area contributed by atoms with Gasteiger partial charge in [0.05, 0.1) is 11.1 Å². The van der Waals surface area contributed by atoms with Crippen LogP contribution in [0.5, 0.6) is 11.5 Å². The minimum Gasteiger partial charge on any atom is -0.463 e. The van der Waals surface area contributed by atoms with Gasteiger partial charge in [0.1, 0.15) is 13.1 Å². The van der Waals surface area contributed by atoms with Crippen LogP contribution in [-0.4, -0.2) is 19.2 Å². The number of hydrogen-bond donors (Lipinski definition) is 2.